The van der Waals surface area contributed by atoms with Crippen LogP contribution in [0.25, 0.3) is 0 Å². The molecule has 1 N–H and O–H groups in total. The first kappa shape index (κ1) is 12.8. The maximum absolute atomic E-state index is 9.08. The molecule has 2 rings (SSSR count). The average molecular weight is 277 g/mol. The predicted octanol–water partition coefficient (Wildman–Crippen LogP) is 4.92. The van der Waals surface area contributed by atoms with E-state index in [4.69, 9.17) is 28.5 Å². The number of anilines is 2. The molecule has 0 atom stereocenters. The normalized spacial score (nSPS) is 9.89. The van der Waals surface area contributed by atoms with Crippen LogP contribution in [-0.4, -0.2) is 0 Å². The molecule has 18 heavy (non-hydrogen) atoms. The van der Waals surface area contributed by atoms with Gasteiger partial charge >= 0.3 is 0 Å². The molecule has 0 fully saturated rings. The second kappa shape index (κ2) is 5.30. The van der Waals surface area contributed by atoms with Crippen molar-refractivity contribution in [2.45, 2.75) is 6.92 Å². The van der Waals surface area contributed by atoms with Gasteiger partial charge in [-0.15, -0.1) is 0 Å². The van der Waals surface area contributed by atoms with Crippen molar-refractivity contribution in [3.63, 3.8) is 0 Å². The summed E-state index contributed by atoms with van der Waals surface area (Å²) in [5, 5.41) is 13.2. The van der Waals surface area contributed by atoms with Crippen molar-refractivity contribution in [1.82, 2.24) is 0 Å². The van der Waals surface area contributed by atoms with E-state index >= 15 is 0 Å². The summed E-state index contributed by atoms with van der Waals surface area (Å²) in [6.45, 7) is 1.97. The lowest BCUT2D eigenvalue weighted by molar-refractivity contribution is 1.43. The molecule has 0 bridgehead atoms. The van der Waals surface area contributed by atoms with E-state index in [2.05, 4.69) is 11.4 Å². The van der Waals surface area contributed by atoms with Crippen LogP contribution < -0.4 is 5.32 Å². The Morgan fingerprint density at radius 1 is 1.06 bits per heavy atom. The molecule has 2 nitrogen and oxygen atoms in total. The molecule has 2 aromatic rings. The molecule has 0 amide bonds. The summed E-state index contributed by atoms with van der Waals surface area (Å²) in [6, 6.07) is 13.0. The highest BCUT2D eigenvalue weighted by Gasteiger charge is 2.08. The maximum Gasteiger partial charge on any atom is 0.103 e. The van der Waals surface area contributed by atoms with Crippen molar-refractivity contribution in [3.05, 3.63) is 57.6 Å². The molecule has 4 heteroatoms. The van der Waals surface area contributed by atoms with Crippen molar-refractivity contribution in [2.75, 3.05) is 5.32 Å². The molecule has 0 aromatic heterocycles. The van der Waals surface area contributed by atoms with E-state index in [1.807, 2.05) is 25.1 Å². The Balaban J connectivity index is 2.41. The van der Waals surface area contributed by atoms with Crippen molar-refractivity contribution >= 4 is 34.6 Å². The van der Waals surface area contributed by atoms with Crippen LogP contribution in [0.5, 0.6) is 0 Å². The summed E-state index contributed by atoms with van der Waals surface area (Å²) in [6.07, 6.45) is 0. The molecular weight excluding hydrogens is 267 g/mol. The first-order chi connectivity index (χ1) is 8.61. The second-order valence-electron chi connectivity index (χ2n) is 3.88. The molecule has 0 saturated carbocycles. The Bertz CT molecular complexity index is 630. The number of halogens is 2. The van der Waals surface area contributed by atoms with Gasteiger partial charge in [-0.3, -0.25) is 0 Å². The van der Waals surface area contributed by atoms with Crippen LogP contribution in [0.3, 0.4) is 0 Å². The third-order valence-corrected chi connectivity index (χ3v) is 3.15. The van der Waals surface area contributed by atoms with Gasteiger partial charge in [0.05, 0.1) is 27.0 Å². The largest absolute Gasteiger partial charge is 0.353 e. The summed E-state index contributed by atoms with van der Waals surface area (Å²) >= 11 is 12.1. The van der Waals surface area contributed by atoms with Gasteiger partial charge in [-0.25, -0.2) is 0 Å². The highest BCUT2D eigenvalue weighted by atomic mass is 35.5. The van der Waals surface area contributed by atoms with Gasteiger partial charge in [-0.2, -0.15) is 5.26 Å². The Morgan fingerprint density at radius 3 is 2.50 bits per heavy atom. The number of hydrogen-bond donors (Lipinski definition) is 1. The lowest BCUT2D eigenvalue weighted by atomic mass is 10.1. The summed E-state index contributed by atoms with van der Waals surface area (Å²) in [5.74, 6) is 0. The Hall–Kier alpha value is -1.69. The maximum atomic E-state index is 9.08. The summed E-state index contributed by atoms with van der Waals surface area (Å²) in [4.78, 5) is 0. The molecule has 0 saturated heterocycles. The molecular formula is C14H10Cl2N2. The van der Waals surface area contributed by atoms with Crippen LogP contribution in [-0.2, 0) is 0 Å². The van der Waals surface area contributed by atoms with E-state index in [0.29, 0.717) is 21.3 Å². The van der Waals surface area contributed by atoms with Gasteiger partial charge < -0.3 is 5.32 Å². The predicted molar refractivity (Wildman–Crippen MR) is 75.6 cm³/mol. The van der Waals surface area contributed by atoms with E-state index in [-0.39, 0.29) is 0 Å². The van der Waals surface area contributed by atoms with Gasteiger partial charge in [-0.05, 0) is 36.8 Å². The summed E-state index contributed by atoms with van der Waals surface area (Å²) < 4.78 is 0. The molecule has 0 aliphatic heterocycles. The quantitative estimate of drug-likeness (QED) is 0.845. The summed E-state index contributed by atoms with van der Waals surface area (Å²) in [5.41, 5.74) is 2.89. The third kappa shape index (κ3) is 2.59. The van der Waals surface area contributed by atoms with E-state index in [1.165, 1.54) is 0 Å². The zero-order valence-corrected chi connectivity index (χ0v) is 11.2. The van der Waals surface area contributed by atoms with E-state index in [9.17, 15) is 0 Å². The summed E-state index contributed by atoms with van der Waals surface area (Å²) in [7, 11) is 0. The monoisotopic (exact) mass is 276 g/mol. The van der Waals surface area contributed by atoms with E-state index in [0.717, 1.165) is 11.3 Å². The van der Waals surface area contributed by atoms with Crippen LogP contribution in [0.1, 0.15) is 11.1 Å². The number of aryl methyl sites for hydroxylation is 1. The van der Waals surface area contributed by atoms with Crippen molar-refractivity contribution in [1.29, 1.82) is 5.26 Å². The van der Waals surface area contributed by atoms with Crippen LogP contribution in [0.2, 0.25) is 10.0 Å². The Morgan fingerprint density at radius 2 is 1.83 bits per heavy atom. The zero-order chi connectivity index (χ0) is 13.1. The SMILES string of the molecule is Cc1ccc(Nc2cccc(Cl)c2C#N)c(Cl)c1. The highest BCUT2D eigenvalue weighted by molar-refractivity contribution is 6.33. The van der Waals surface area contributed by atoms with Gasteiger partial charge in [0.1, 0.15) is 6.07 Å². The minimum absolute atomic E-state index is 0.413. The molecule has 0 radical (unpaired) electrons. The number of nitrogens with zero attached hydrogens (tertiary/aromatic N) is 1. The molecule has 0 heterocycles. The van der Waals surface area contributed by atoms with Crippen molar-refractivity contribution in [2.24, 2.45) is 0 Å². The fourth-order valence-corrected chi connectivity index (χ4v) is 2.11. The van der Waals surface area contributed by atoms with Gasteiger partial charge in [0.15, 0.2) is 0 Å². The van der Waals surface area contributed by atoms with Crippen LogP contribution >= 0.6 is 23.2 Å². The Kier molecular flexibility index (Phi) is 3.76. The van der Waals surface area contributed by atoms with E-state index < -0.39 is 0 Å². The lowest BCUT2D eigenvalue weighted by Gasteiger charge is -2.11. The lowest BCUT2D eigenvalue weighted by Crippen LogP contribution is -1.95. The standard InChI is InChI=1S/C14H10Cl2N2/c1-9-5-6-14(12(16)7-9)18-13-4-2-3-11(15)10(13)8-17/h2-7,18H,1H3. The number of rotatable bonds is 2. The second-order valence-corrected chi connectivity index (χ2v) is 4.70. The minimum atomic E-state index is 0.413. The Labute approximate surface area is 116 Å². The van der Waals surface area contributed by atoms with Crippen molar-refractivity contribution < 1.29 is 0 Å². The minimum Gasteiger partial charge on any atom is -0.353 e. The van der Waals surface area contributed by atoms with Gasteiger partial charge in [-0.1, -0.05) is 35.3 Å². The highest BCUT2D eigenvalue weighted by Crippen LogP contribution is 2.30. The molecule has 0 unspecified atom stereocenters. The molecule has 0 aliphatic rings. The van der Waals surface area contributed by atoms with Gasteiger partial charge in [0, 0.05) is 0 Å². The average Bonchev–Trinajstić information content (AvgIpc) is 2.33. The van der Waals surface area contributed by atoms with Crippen molar-refractivity contribution in [3.8, 4) is 6.07 Å². The van der Waals surface area contributed by atoms with Crippen LogP contribution in [0, 0.1) is 18.3 Å². The number of nitriles is 1. The van der Waals surface area contributed by atoms with Crippen LogP contribution in [0.15, 0.2) is 36.4 Å². The first-order valence-corrected chi connectivity index (χ1v) is 6.09. The van der Waals surface area contributed by atoms with Gasteiger partial charge in [0.2, 0.25) is 0 Å². The smallest absolute Gasteiger partial charge is 0.103 e. The number of hydrogen-bond acceptors (Lipinski definition) is 2. The number of benzene rings is 2. The fourth-order valence-electron chi connectivity index (χ4n) is 1.61. The first-order valence-electron chi connectivity index (χ1n) is 5.33. The topological polar surface area (TPSA) is 35.8 Å². The molecule has 2 aromatic carbocycles. The van der Waals surface area contributed by atoms with Crippen LogP contribution in [0.4, 0.5) is 11.4 Å². The zero-order valence-electron chi connectivity index (χ0n) is 9.67. The van der Waals surface area contributed by atoms with E-state index in [1.54, 1.807) is 18.2 Å². The van der Waals surface area contributed by atoms with Gasteiger partial charge in [0.25, 0.3) is 0 Å². The molecule has 0 aliphatic carbocycles. The molecule has 90 valence electrons. The third-order valence-electron chi connectivity index (χ3n) is 2.52. The fraction of sp³-hybridized carbons (Fsp3) is 0.0714. The molecule has 0 spiro atoms. The number of nitrogens with one attached hydrogen (secondary N) is 1.